The number of nitrogens with zero attached hydrogens (tertiary/aromatic N) is 6. The molecular formula is C48H42N6O3. The topological polar surface area (TPSA) is 105 Å². The smallest absolute Gasteiger partial charge is 0.343 e. The zero-order valence-electron chi connectivity index (χ0n) is 32.2. The average molecular weight is 751 g/mol. The Morgan fingerprint density at radius 3 is 1.81 bits per heavy atom. The number of benzene rings is 5. The summed E-state index contributed by atoms with van der Waals surface area (Å²) in [6.45, 7) is 6.16. The summed E-state index contributed by atoms with van der Waals surface area (Å²) in [5.41, 5.74) is 7.46. The van der Waals surface area contributed by atoms with Crippen LogP contribution in [0.5, 0.6) is 0 Å². The summed E-state index contributed by atoms with van der Waals surface area (Å²) in [7, 11) is 0. The van der Waals surface area contributed by atoms with Crippen molar-refractivity contribution in [3.05, 3.63) is 201 Å². The monoisotopic (exact) mass is 750 g/mol. The van der Waals surface area contributed by atoms with Crippen molar-refractivity contribution in [1.82, 2.24) is 29.8 Å². The van der Waals surface area contributed by atoms with E-state index in [1.165, 1.54) is 0 Å². The largest absolute Gasteiger partial charge is 0.462 e. The van der Waals surface area contributed by atoms with Crippen molar-refractivity contribution in [2.45, 2.75) is 45.7 Å². The highest BCUT2D eigenvalue weighted by Crippen LogP contribution is 2.41. The third kappa shape index (κ3) is 6.71. The third-order valence-corrected chi connectivity index (χ3v) is 10.5. The van der Waals surface area contributed by atoms with Gasteiger partial charge in [-0.25, -0.2) is 4.79 Å². The predicted molar refractivity (Wildman–Crippen MR) is 223 cm³/mol. The molecule has 0 radical (unpaired) electrons. The summed E-state index contributed by atoms with van der Waals surface area (Å²) < 4.78 is 7.04. The molecule has 3 aromatic heterocycles. The average Bonchev–Trinajstić information content (AvgIpc) is 3.76. The van der Waals surface area contributed by atoms with Crippen molar-refractivity contribution in [3.63, 3.8) is 0 Å². The molecule has 0 saturated carbocycles. The maximum absolute atomic E-state index is 14.3. The number of rotatable bonds is 12. The van der Waals surface area contributed by atoms with Gasteiger partial charge in [-0.15, -0.1) is 15.0 Å². The highest BCUT2D eigenvalue weighted by atomic mass is 16.5. The van der Waals surface area contributed by atoms with Gasteiger partial charge in [0.15, 0.2) is 5.54 Å². The second kappa shape index (κ2) is 16.0. The van der Waals surface area contributed by atoms with E-state index in [4.69, 9.17) is 25.1 Å². The van der Waals surface area contributed by atoms with Gasteiger partial charge in [0.25, 0.3) is 5.56 Å². The number of hydrogen-bond donors (Lipinski definition) is 0. The number of ether oxygens (including phenoxy) is 1. The molecule has 0 N–H and O–H groups in total. The normalized spacial score (nSPS) is 11.5. The van der Waals surface area contributed by atoms with Gasteiger partial charge in [-0.2, -0.15) is 0 Å². The molecule has 3 heterocycles. The molecular weight excluding hydrogens is 709 g/mol. The number of esters is 1. The molecule has 8 rings (SSSR count). The summed E-state index contributed by atoms with van der Waals surface area (Å²) in [5, 5.41) is 15.5. The van der Waals surface area contributed by atoms with Gasteiger partial charge >= 0.3 is 5.97 Å². The van der Waals surface area contributed by atoms with Crippen LogP contribution in [-0.2, 0) is 29.7 Å². The molecule has 282 valence electrons. The Morgan fingerprint density at radius 2 is 1.23 bits per heavy atom. The molecule has 0 aliphatic carbocycles. The molecule has 0 unspecified atom stereocenters. The van der Waals surface area contributed by atoms with Gasteiger partial charge in [-0.3, -0.25) is 9.78 Å². The van der Waals surface area contributed by atoms with E-state index in [1.807, 2.05) is 123 Å². The van der Waals surface area contributed by atoms with Crippen molar-refractivity contribution in [2.24, 2.45) is 0 Å². The summed E-state index contributed by atoms with van der Waals surface area (Å²) in [4.78, 5) is 34.1. The molecule has 5 aromatic carbocycles. The number of carbonyl (C=O) groups is 1. The first-order valence-corrected chi connectivity index (χ1v) is 19.4. The number of pyridine rings is 2. The molecule has 0 spiro atoms. The fraction of sp³-hybridized carbons (Fsp3) is 0.167. The van der Waals surface area contributed by atoms with Crippen LogP contribution in [0.1, 0.15) is 64.8 Å². The molecule has 0 atom stereocenters. The van der Waals surface area contributed by atoms with E-state index in [1.54, 1.807) is 22.4 Å². The molecule has 8 aromatic rings. The minimum Gasteiger partial charge on any atom is -0.462 e. The minimum atomic E-state index is -0.933. The van der Waals surface area contributed by atoms with Crippen LogP contribution in [0, 0.1) is 0 Å². The van der Waals surface area contributed by atoms with E-state index in [0.717, 1.165) is 61.2 Å². The molecule has 57 heavy (non-hydrogen) atoms. The van der Waals surface area contributed by atoms with Crippen molar-refractivity contribution in [3.8, 4) is 22.5 Å². The number of fused-ring (bicyclic) bond motifs is 1. The van der Waals surface area contributed by atoms with Gasteiger partial charge in [0.2, 0.25) is 5.82 Å². The lowest BCUT2D eigenvalue weighted by molar-refractivity contribution is 0.0524. The molecule has 0 aliphatic rings. The van der Waals surface area contributed by atoms with Crippen molar-refractivity contribution < 1.29 is 9.53 Å². The Hall–Kier alpha value is -7.00. The van der Waals surface area contributed by atoms with Gasteiger partial charge in [-0.05, 0) is 70.5 Å². The van der Waals surface area contributed by atoms with Crippen LogP contribution in [0.15, 0.2) is 156 Å². The maximum Gasteiger partial charge on any atom is 0.343 e. The molecule has 0 saturated heterocycles. The van der Waals surface area contributed by atoms with E-state index in [2.05, 4.69) is 36.4 Å². The van der Waals surface area contributed by atoms with Crippen LogP contribution in [0.25, 0.3) is 33.4 Å². The molecule has 0 fully saturated rings. The lowest BCUT2D eigenvalue weighted by atomic mass is 9.77. The molecule has 0 aliphatic heterocycles. The zero-order valence-corrected chi connectivity index (χ0v) is 32.2. The van der Waals surface area contributed by atoms with Crippen LogP contribution in [0.3, 0.4) is 0 Å². The van der Waals surface area contributed by atoms with Crippen LogP contribution < -0.4 is 5.56 Å². The maximum atomic E-state index is 14.3. The lowest BCUT2D eigenvalue weighted by Crippen LogP contribution is -2.39. The van der Waals surface area contributed by atoms with Crippen LogP contribution in [0.4, 0.5) is 0 Å². The first-order valence-electron chi connectivity index (χ1n) is 19.4. The SMILES string of the molecule is CCOC(=O)c1cc2c(CC)nc(CC)cc2n(Cc2ccccc2-c2ccccc2-c2nnn(C(c3ccccc3)(c3ccccc3)c3ccccc3)n2)c1=O. The van der Waals surface area contributed by atoms with Crippen molar-refractivity contribution >= 4 is 16.9 Å². The Bertz CT molecular complexity index is 2650. The highest BCUT2D eigenvalue weighted by molar-refractivity contribution is 5.95. The quantitative estimate of drug-likeness (QED) is 0.0908. The first-order chi connectivity index (χ1) is 28.0. The third-order valence-electron chi connectivity index (χ3n) is 10.5. The lowest BCUT2D eigenvalue weighted by Gasteiger charge is -2.34. The fourth-order valence-electron chi connectivity index (χ4n) is 7.81. The van der Waals surface area contributed by atoms with Gasteiger partial charge in [0, 0.05) is 22.3 Å². The van der Waals surface area contributed by atoms with E-state index >= 15 is 0 Å². The highest BCUT2D eigenvalue weighted by Gasteiger charge is 2.41. The molecule has 0 amide bonds. The fourth-order valence-corrected chi connectivity index (χ4v) is 7.81. The minimum absolute atomic E-state index is 0.0116. The van der Waals surface area contributed by atoms with Crippen LogP contribution in [-0.4, -0.2) is 42.3 Å². The number of aromatic nitrogens is 6. The van der Waals surface area contributed by atoms with E-state index in [0.29, 0.717) is 18.7 Å². The van der Waals surface area contributed by atoms with Gasteiger partial charge in [0.1, 0.15) is 5.56 Å². The zero-order chi connectivity index (χ0) is 39.4. The summed E-state index contributed by atoms with van der Waals surface area (Å²) in [5.74, 6) is -0.198. The Kier molecular flexibility index (Phi) is 10.4. The predicted octanol–water partition coefficient (Wildman–Crippen LogP) is 8.91. The Labute approximate surface area is 331 Å². The van der Waals surface area contributed by atoms with Gasteiger partial charge in [0.05, 0.1) is 18.7 Å². The second-order valence-corrected chi connectivity index (χ2v) is 13.8. The Morgan fingerprint density at radius 1 is 0.667 bits per heavy atom. The van der Waals surface area contributed by atoms with E-state index in [9.17, 15) is 9.59 Å². The summed E-state index contributed by atoms with van der Waals surface area (Å²) in [6, 6.07) is 50.3. The molecule has 9 nitrogen and oxygen atoms in total. The summed E-state index contributed by atoms with van der Waals surface area (Å²) in [6.07, 6.45) is 1.34. The number of carbonyl (C=O) groups excluding carboxylic acids is 1. The summed E-state index contributed by atoms with van der Waals surface area (Å²) >= 11 is 0. The van der Waals surface area contributed by atoms with Crippen LogP contribution in [0.2, 0.25) is 0 Å². The first kappa shape index (κ1) is 36.9. The van der Waals surface area contributed by atoms with E-state index < -0.39 is 17.1 Å². The number of tetrazole rings is 1. The van der Waals surface area contributed by atoms with Gasteiger partial charge < -0.3 is 9.30 Å². The standard InChI is InChI=1S/C48H42N6O3/c1-4-37-30-44-41(43(5-2)49-37)31-42(47(56)57-6-3)46(55)53(44)32-33-20-16-17-27-38(33)39-28-18-19-29-40(39)45-50-52-54(51-45)48(34-21-10-7-11-22-34,35-23-12-8-13-24-35)36-25-14-9-15-26-36/h7-31H,4-6,32H2,1-3H3. The van der Waals surface area contributed by atoms with Crippen LogP contribution >= 0.6 is 0 Å². The second-order valence-electron chi connectivity index (χ2n) is 13.8. The van der Waals surface area contributed by atoms with Crippen molar-refractivity contribution in [1.29, 1.82) is 0 Å². The van der Waals surface area contributed by atoms with E-state index in [-0.39, 0.29) is 18.7 Å². The number of aryl methyl sites for hydroxylation is 2. The number of hydrogen-bond acceptors (Lipinski definition) is 7. The molecule has 9 heteroatoms. The molecule has 0 bridgehead atoms. The van der Waals surface area contributed by atoms with Gasteiger partial charge in [-0.1, -0.05) is 153 Å². The Balaban J connectivity index is 1.29. The van der Waals surface area contributed by atoms with Crippen molar-refractivity contribution in [2.75, 3.05) is 6.61 Å².